The number of methoxy groups -OCH3 is 3. The van der Waals surface area contributed by atoms with Crippen molar-refractivity contribution in [1.29, 1.82) is 0 Å². The molecular formula is C26H27N3O5. The van der Waals surface area contributed by atoms with Crippen LogP contribution in [0.4, 0.5) is 0 Å². The maximum Gasteiger partial charge on any atom is 0.251 e. The van der Waals surface area contributed by atoms with Crippen LogP contribution < -0.4 is 25.0 Å². The molecule has 3 aromatic rings. The van der Waals surface area contributed by atoms with Gasteiger partial charge in [0.2, 0.25) is 11.7 Å². The molecule has 3 aromatic carbocycles. The molecular weight excluding hydrogens is 434 g/mol. The summed E-state index contributed by atoms with van der Waals surface area (Å²) >= 11 is 0. The van der Waals surface area contributed by atoms with Gasteiger partial charge in [-0.3, -0.25) is 9.59 Å². The number of nitrogens with zero attached hydrogens (tertiary/aromatic N) is 1. The molecule has 0 aromatic heterocycles. The van der Waals surface area contributed by atoms with Gasteiger partial charge in [-0.1, -0.05) is 48.5 Å². The number of hydrogen-bond donors (Lipinski definition) is 2. The fraction of sp³-hybridized carbons (Fsp3) is 0.192. The molecule has 0 fully saturated rings. The number of nitrogens with one attached hydrogen (secondary N) is 2. The zero-order chi connectivity index (χ0) is 24.3. The van der Waals surface area contributed by atoms with Crippen molar-refractivity contribution in [2.24, 2.45) is 5.10 Å². The SMILES string of the molecule is COc1cc(/C=N\NC(=O)C[C@H](NC(=O)c2ccccc2)c2ccccc2)cc(OC)c1OC. The number of rotatable bonds is 10. The van der Waals surface area contributed by atoms with Gasteiger partial charge in [0.05, 0.1) is 40.0 Å². The van der Waals surface area contributed by atoms with E-state index in [1.165, 1.54) is 27.5 Å². The highest BCUT2D eigenvalue weighted by Crippen LogP contribution is 2.37. The fourth-order valence-corrected chi connectivity index (χ4v) is 3.35. The van der Waals surface area contributed by atoms with E-state index in [4.69, 9.17) is 14.2 Å². The van der Waals surface area contributed by atoms with E-state index in [2.05, 4.69) is 15.8 Å². The molecule has 34 heavy (non-hydrogen) atoms. The largest absolute Gasteiger partial charge is 0.493 e. The second-order valence-electron chi connectivity index (χ2n) is 7.26. The summed E-state index contributed by atoms with van der Waals surface area (Å²) in [6.45, 7) is 0. The summed E-state index contributed by atoms with van der Waals surface area (Å²) in [4.78, 5) is 25.3. The quantitative estimate of drug-likeness (QED) is 0.354. The molecule has 0 aliphatic heterocycles. The van der Waals surface area contributed by atoms with Crippen LogP contribution in [0.15, 0.2) is 77.9 Å². The smallest absolute Gasteiger partial charge is 0.251 e. The van der Waals surface area contributed by atoms with E-state index in [9.17, 15) is 9.59 Å². The minimum absolute atomic E-state index is 0.00911. The van der Waals surface area contributed by atoms with Gasteiger partial charge in [-0.2, -0.15) is 5.10 Å². The van der Waals surface area contributed by atoms with Crippen LogP contribution in [0.3, 0.4) is 0 Å². The van der Waals surface area contributed by atoms with E-state index in [1.807, 2.05) is 36.4 Å². The summed E-state index contributed by atoms with van der Waals surface area (Å²) in [6.07, 6.45) is 1.48. The molecule has 176 valence electrons. The highest BCUT2D eigenvalue weighted by molar-refractivity contribution is 5.94. The standard InChI is InChI=1S/C26H27N3O5/c1-32-22-14-18(15-23(33-2)25(22)34-3)17-27-29-24(30)16-21(19-10-6-4-7-11-19)28-26(31)20-12-8-5-9-13-20/h4-15,17,21H,16H2,1-3H3,(H,28,31)(H,29,30)/b27-17-/t21-/m0/s1. The Labute approximate surface area is 198 Å². The third-order valence-electron chi connectivity index (χ3n) is 5.02. The summed E-state index contributed by atoms with van der Waals surface area (Å²) in [5.41, 5.74) is 4.49. The lowest BCUT2D eigenvalue weighted by atomic mass is 10.0. The van der Waals surface area contributed by atoms with Crippen molar-refractivity contribution in [3.63, 3.8) is 0 Å². The van der Waals surface area contributed by atoms with Crippen molar-refractivity contribution >= 4 is 18.0 Å². The van der Waals surface area contributed by atoms with Gasteiger partial charge in [-0.05, 0) is 29.8 Å². The van der Waals surface area contributed by atoms with Gasteiger partial charge >= 0.3 is 0 Å². The van der Waals surface area contributed by atoms with Gasteiger partial charge in [0.15, 0.2) is 11.5 Å². The lowest BCUT2D eigenvalue weighted by molar-refractivity contribution is -0.121. The molecule has 0 saturated carbocycles. The highest BCUT2D eigenvalue weighted by Gasteiger charge is 2.19. The van der Waals surface area contributed by atoms with Crippen molar-refractivity contribution in [1.82, 2.24) is 10.7 Å². The van der Waals surface area contributed by atoms with E-state index in [-0.39, 0.29) is 18.2 Å². The van der Waals surface area contributed by atoms with E-state index >= 15 is 0 Å². The van der Waals surface area contributed by atoms with E-state index < -0.39 is 6.04 Å². The van der Waals surface area contributed by atoms with Crippen LogP contribution in [0.2, 0.25) is 0 Å². The molecule has 8 heteroatoms. The first-order chi connectivity index (χ1) is 16.5. The molecule has 0 saturated heterocycles. The van der Waals surface area contributed by atoms with Crippen LogP contribution >= 0.6 is 0 Å². The number of hydrazone groups is 1. The molecule has 0 heterocycles. The van der Waals surface area contributed by atoms with Crippen LogP contribution in [-0.2, 0) is 4.79 Å². The summed E-state index contributed by atoms with van der Waals surface area (Å²) in [5.74, 6) is 0.796. The number of carbonyl (C=O) groups is 2. The molecule has 0 spiro atoms. The molecule has 8 nitrogen and oxygen atoms in total. The maximum absolute atomic E-state index is 12.7. The second kappa shape index (κ2) is 12.1. The molecule has 2 amide bonds. The average molecular weight is 462 g/mol. The maximum atomic E-state index is 12.7. The fourth-order valence-electron chi connectivity index (χ4n) is 3.35. The Morgan fingerprint density at radius 1 is 0.882 bits per heavy atom. The molecule has 1 atom stereocenters. The molecule has 0 aliphatic carbocycles. The number of ether oxygens (including phenoxy) is 3. The van der Waals surface area contributed by atoms with Gasteiger partial charge < -0.3 is 19.5 Å². The lowest BCUT2D eigenvalue weighted by Crippen LogP contribution is -2.32. The first-order valence-electron chi connectivity index (χ1n) is 10.6. The van der Waals surface area contributed by atoms with E-state index in [0.717, 1.165) is 5.56 Å². The van der Waals surface area contributed by atoms with Crippen molar-refractivity contribution < 1.29 is 23.8 Å². The summed E-state index contributed by atoms with van der Waals surface area (Å²) in [7, 11) is 4.56. The van der Waals surface area contributed by atoms with Crippen molar-refractivity contribution in [3.8, 4) is 17.2 Å². The molecule has 0 aliphatic rings. The van der Waals surface area contributed by atoms with E-state index in [1.54, 1.807) is 36.4 Å². The molecule has 0 radical (unpaired) electrons. The van der Waals surface area contributed by atoms with Crippen LogP contribution in [0.1, 0.15) is 33.9 Å². The number of amides is 2. The van der Waals surface area contributed by atoms with Crippen molar-refractivity contribution in [2.45, 2.75) is 12.5 Å². The first kappa shape index (κ1) is 24.3. The summed E-state index contributed by atoms with van der Waals surface area (Å²) in [6, 6.07) is 21.1. The third kappa shape index (κ3) is 6.35. The number of carbonyl (C=O) groups excluding carboxylic acids is 2. The Bertz CT molecular complexity index is 1110. The highest BCUT2D eigenvalue weighted by atomic mass is 16.5. The topological polar surface area (TPSA) is 98.2 Å². The van der Waals surface area contributed by atoms with Gasteiger partial charge in [0.1, 0.15) is 0 Å². The van der Waals surface area contributed by atoms with Crippen molar-refractivity contribution in [2.75, 3.05) is 21.3 Å². The van der Waals surface area contributed by atoms with Crippen LogP contribution in [0, 0.1) is 0 Å². The normalized spacial score (nSPS) is 11.5. The Morgan fingerprint density at radius 3 is 2.03 bits per heavy atom. The zero-order valence-electron chi connectivity index (χ0n) is 19.3. The van der Waals surface area contributed by atoms with Gasteiger partial charge in [0, 0.05) is 11.1 Å². The Morgan fingerprint density at radius 2 is 1.47 bits per heavy atom. The second-order valence-corrected chi connectivity index (χ2v) is 7.26. The van der Waals surface area contributed by atoms with Gasteiger partial charge in [-0.15, -0.1) is 0 Å². The predicted molar refractivity (Wildman–Crippen MR) is 130 cm³/mol. The molecule has 3 rings (SSSR count). The Hall–Kier alpha value is -4.33. The number of hydrogen-bond acceptors (Lipinski definition) is 6. The van der Waals surface area contributed by atoms with Gasteiger partial charge in [-0.25, -0.2) is 5.43 Å². The van der Waals surface area contributed by atoms with Gasteiger partial charge in [0.25, 0.3) is 5.91 Å². The van der Waals surface area contributed by atoms with Crippen LogP contribution in [0.25, 0.3) is 0 Å². The third-order valence-corrected chi connectivity index (χ3v) is 5.02. The Kier molecular flexibility index (Phi) is 8.62. The predicted octanol–water partition coefficient (Wildman–Crippen LogP) is 3.72. The first-order valence-corrected chi connectivity index (χ1v) is 10.6. The Balaban J connectivity index is 1.70. The minimum atomic E-state index is -0.523. The average Bonchev–Trinajstić information content (AvgIpc) is 2.88. The summed E-state index contributed by atoms with van der Waals surface area (Å²) < 4.78 is 16.0. The molecule has 2 N–H and O–H groups in total. The summed E-state index contributed by atoms with van der Waals surface area (Å²) in [5, 5.41) is 6.98. The van der Waals surface area contributed by atoms with E-state index in [0.29, 0.717) is 28.4 Å². The van der Waals surface area contributed by atoms with Crippen molar-refractivity contribution in [3.05, 3.63) is 89.5 Å². The van der Waals surface area contributed by atoms with Crippen LogP contribution in [-0.4, -0.2) is 39.4 Å². The lowest BCUT2D eigenvalue weighted by Gasteiger charge is -2.18. The monoisotopic (exact) mass is 461 g/mol. The molecule has 0 unspecified atom stereocenters. The van der Waals surface area contributed by atoms with Crippen LogP contribution in [0.5, 0.6) is 17.2 Å². The molecule has 0 bridgehead atoms. The zero-order valence-corrected chi connectivity index (χ0v) is 19.3. The minimum Gasteiger partial charge on any atom is -0.493 e. The number of benzene rings is 3.